The van der Waals surface area contributed by atoms with E-state index in [1.807, 2.05) is 30.3 Å². The predicted octanol–water partition coefficient (Wildman–Crippen LogP) is -0.698. The number of aliphatic hydroxyl groups excluding tert-OH is 3. The Labute approximate surface area is 170 Å². The number of aryl methyl sites for hydroxylation is 1. The second kappa shape index (κ2) is 8.32. The lowest BCUT2D eigenvalue weighted by Gasteiger charge is -2.16. The first-order valence-electron chi connectivity index (χ1n) is 9.41. The molecule has 0 spiro atoms. The molecule has 1 saturated heterocycles. The number of aliphatic hydroxyl groups is 3. The van der Waals surface area contributed by atoms with Crippen molar-refractivity contribution in [3.05, 3.63) is 52.6 Å². The van der Waals surface area contributed by atoms with Gasteiger partial charge in [0, 0.05) is 6.42 Å². The highest BCUT2D eigenvalue weighted by Gasteiger charge is 2.44. The molecule has 30 heavy (non-hydrogen) atoms. The molecule has 0 aliphatic carbocycles. The topological polar surface area (TPSA) is 163 Å². The van der Waals surface area contributed by atoms with Crippen LogP contribution in [0.25, 0.3) is 11.2 Å². The van der Waals surface area contributed by atoms with Crippen LogP contribution in [0.3, 0.4) is 0 Å². The molecule has 158 valence electrons. The van der Waals surface area contributed by atoms with Gasteiger partial charge in [-0.3, -0.25) is 24.5 Å². The van der Waals surface area contributed by atoms with Gasteiger partial charge in [-0.2, -0.15) is 4.98 Å². The summed E-state index contributed by atoms with van der Waals surface area (Å²) >= 11 is 0. The van der Waals surface area contributed by atoms with Crippen molar-refractivity contribution < 1.29 is 24.9 Å². The summed E-state index contributed by atoms with van der Waals surface area (Å²) in [6.07, 6.45) is -2.78. The molecule has 0 saturated carbocycles. The van der Waals surface area contributed by atoms with Crippen LogP contribution in [-0.2, 0) is 16.0 Å². The third-order valence-corrected chi connectivity index (χ3v) is 4.97. The summed E-state index contributed by atoms with van der Waals surface area (Å²) in [4.78, 5) is 35.3. The fraction of sp³-hybridized carbons (Fsp3) is 0.368. The number of aromatic nitrogens is 4. The van der Waals surface area contributed by atoms with E-state index < -0.39 is 36.7 Å². The highest BCUT2D eigenvalue weighted by Crippen LogP contribution is 2.30. The quantitative estimate of drug-likeness (QED) is 0.353. The highest BCUT2D eigenvalue weighted by molar-refractivity contribution is 5.89. The number of H-pyrrole nitrogens is 1. The lowest BCUT2D eigenvalue weighted by molar-refractivity contribution is -0.116. The zero-order valence-corrected chi connectivity index (χ0v) is 15.8. The molecule has 2 aromatic heterocycles. The number of nitrogens with one attached hydrogen (secondary N) is 2. The molecule has 4 rings (SSSR count). The minimum Gasteiger partial charge on any atom is -0.394 e. The molecule has 4 atom stereocenters. The van der Waals surface area contributed by atoms with Crippen LogP contribution in [0, 0.1) is 0 Å². The highest BCUT2D eigenvalue weighted by atomic mass is 16.6. The SMILES string of the molecule is O=C(CCc1ccccc1)Nc1nc2c(ncn2[C@@H]2O[C@H](CO)[C@@H](O)[C@H]2O)c(=O)[nH]1. The van der Waals surface area contributed by atoms with Gasteiger partial charge in [0.1, 0.15) is 18.3 Å². The molecule has 11 nitrogen and oxygen atoms in total. The van der Waals surface area contributed by atoms with Crippen LogP contribution in [0.5, 0.6) is 0 Å². The number of aromatic amines is 1. The fourth-order valence-electron chi connectivity index (χ4n) is 3.38. The number of anilines is 1. The number of carbonyl (C=O) groups excluding carboxylic acids is 1. The molecule has 11 heteroatoms. The van der Waals surface area contributed by atoms with E-state index in [1.165, 1.54) is 10.9 Å². The van der Waals surface area contributed by atoms with Gasteiger partial charge in [-0.05, 0) is 12.0 Å². The maximum Gasteiger partial charge on any atom is 0.280 e. The smallest absolute Gasteiger partial charge is 0.280 e. The van der Waals surface area contributed by atoms with Gasteiger partial charge >= 0.3 is 0 Å². The molecule has 0 bridgehead atoms. The van der Waals surface area contributed by atoms with Crippen LogP contribution in [0.2, 0.25) is 0 Å². The third-order valence-electron chi connectivity index (χ3n) is 4.97. The first-order valence-corrected chi connectivity index (χ1v) is 9.41. The largest absolute Gasteiger partial charge is 0.394 e. The van der Waals surface area contributed by atoms with Crippen molar-refractivity contribution >= 4 is 23.0 Å². The Hall–Kier alpha value is -3.12. The minimum atomic E-state index is -1.36. The zero-order valence-electron chi connectivity index (χ0n) is 15.8. The molecule has 3 heterocycles. The Balaban J connectivity index is 1.55. The van der Waals surface area contributed by atoms with Gasteiger partial charge in [0.2, 0.25) is 11.9 Å². The van der Waals surface area contributed by atoms with Gasteiger partial charge in [0.15, 0.2) is 17.4 Å². The molecule has 0 radical (unpaired) electrons. The molecule has 1 amide bonds. The van der Waals surface area contributed by atoms with Gasteiger partial charge in [0.25, 0.3) is 5.56 Å². The molecular formula is C19H21N5O6. The van der Waals surface area contributed by atoms with E-state index >= 15 is 0 Å². The number of ether oxygens (including phenoxy) is 1. The van der Waals surface area contributed by atoms with E-state index in [4.69, 9.17) is 4.74 Å². The standard InChI is InChI=1S/C19H21N5O6/c25-8-11-14(27)15(28)18(30-11)24-9-20-13-16(24)22-19(23-17(13)29)21-12(26)7-6-10-4-2-1-3-5-10/h1-5,9,11,14-15,18,25,27-28H,6-8H2,(H2,21,22,23,26,29)/t11-,14-,15-,18-/m1/s1. The van der Waals surface area contributed by atoms with Gasteiger partial charge in [-0.25, -0.2) is 4.98 Å². The van der Waals surface area contributed by atoms with Crippen molar-refractivity contribution in [2.45, 2.75) is 37.4 Å². The van der Waals surface area contributed by atoms with Crippen molar-refractivity contribution in [1.82, 2.24) is 19.5 Å². The number of benzene rings is 1. The number of amides is 1. The summed E-state index contributed by atoms with van der Waals surface area (Å²) in [7, 11) is 0. The minimum absolute atomic E-state index is 0.0185. The van der Waals surface area contributed by atoms with Crippen LogP contribution in [0.4, 0.5) is 5.95 Å². The number of imidazole rings is 1. The average molecular weight is 415 g/mol. The Morgan fingerprint density at radius 1 is 1.23 bits per heavy atom. The van der Waals surface area contributed by atoms with E-state index in [0.717, 1.165) is 5.56 Å². The summed E-state index contributed by atoms with van der Waals surface area (Å²) < 4.78 is 6.75. The molecule has 1 aliphatic rings. The first kappa shape index (κ1) is 20.2. The molecule has 1 fully saturated rings. The van der Waals surface area contributed by atoms with Crippen LogP contribution >= 0.6 is 0 Å². The first-order chi connectivity index (χ1) is 14.5. The molecule has 1 aliphatic heterocycles. The lowest BCUT2D eigenvalue weighted by Crippen LogP contribution is -2.33. The summed E-state index contributed by atoms with van der Waals surface area (Å²) in [5.41, 5.74) is 0.470. The Kier molecular flexibility index (Phi) is 5.59. The molecule has 5 N–H and O–H groups in total. The van der Waals surface area contributed by atoms with Crippen molar-refractivity contribution in [3.63, 3.8) is 0 Å². The summed E-state index contributed by atoms with van der Waals surface area (Å²) in [5, 5.41) is 32.0. The maximum absolute atomic E-state index is 12.3. The monoisotopic (exact) mass is 415 g/mol. The van der Waals surface area contributed by atoms with Crippen LogP contribution in [0.15, 0.2) is 41.5 Å². The fourth-order valence-corrected chi connectivity index (χ4v) is 3.38. The number of rotatable bonds is 6. The normalized spacial score (nSPS) is 23.7. The van der Waals surface area contributed by atoms with Gasteiger partial charge < -0.3 is 20.1 Å². The van der Waals surface area contributed by atoms with Crippen LogP contribution in [0.1, 0.15) is 18.2 Å². The maximum atomic E-state index is 12.3. The lowest BCUT2D eigenvalue weighted by atomic mass is 10.1. The molecular weight excluding hydrogens is 394 g/mol. The van der Waals surface area contributed by atoms with Crippen molar-refractivity contribution in [3.8, 4) is 0 Å². The predicted molar refractivity (Wildman–Crippen MR) is 105 cm³/mol. The molecule has 0 unspecified atom stereocenters. The van der Waals surface area contributed by atoms with E-state index in [9.17, 15) is 24.9 Å². The van der Waals surface area contributed by atoms with E-state index in [2.05, 4.69) is 20.3 Å². The summed E-state index contributed by atoms with van der Waals surface area (Å²) in [6.45, 7) is -0.488. The van der Waals surface area contributed by atoms with E-state index in [0.29, 0.717) is 6.42 Å². The molecule has 3 aromatic rings. The second-order valence-electron chi connectivity index (χ2n) is 7.00. The van der Waals surface area contributed by atoms with Crippen LogP contribution < -0.4 is 10.9 Å². The Bertz CT molecular complexity index is 1100. The Morgan fingerprint density at radius 2 is 2.00 bits per heavy atom. The van der Waals surface area contributed by atoms with Gasteiger partial charge in [-0.1, -0.05) is 30.3 Å². The van der Waals surface area contributed by atoms with E-state index in [1.54, 1.807) is 0 Å². The number of hydrogen-bond acceptors (Lipinski definition) is 8. The number of carbonyl (C=O) groups is 1. The number of hydrogen-bond donors (Lipinski definition) is 5. The van der Waals surface area contributed by atoms with Crippen molar-refractivity contribution in [1.29, 1.82) is 0 Å². The summed E-state index contributed by atoms with van der Waals surface area (Å²) in [5.74, 6) is -0.403. The second-order valence-corrected chi connectivity index (χ2v) is 7.00. The number of fused-ring (bicyclic) bond motifs is 1. The third kappa shape index (κ3) is 3.83. The van der Waals surface area contributed by atoms with Gasteiger partial charge in [0.05, 0.1) is 12.9 Å². The summed E-state index contributed by atoms with van der Waals surface area (Å²) in [6, 6.07) is 9.50. The zero-order chi connectivity index (χ0) is 21.3. The van der Waals surface area contributed by atoms with Crippen LogP contribution in [-0.4, -0.2) is 65.7 Å². The average Bonchev–Trinajstić information content (AvgIpc) is 3.29. The van der Waals surface area contributed by atoms with Crippen molar-refractivity contribution in [2.24, 2.45) is 0 Å². The Morgan fingerprint density at radius 3 is 2.70 bits per heavy atom. The van der Waals surface area contributed by atoms with Crippen molar-refractivity contribution in [2.75, 3.05) is 11.9 Å². The van der Waals surface area contributed by atoms with Gasteiger partial charge in [-0.15, -0.1) is 0 Å². The molecule has 1 aromatic carbocycles. The number of nitrogens with zero attached hydrogens (tertiary/aromatic N) is 3. The van der Waals surface area contributed by atoms with E-state index in [-0.39, 0.29) is 29.4 Å².